The number of fused-ring (bicyclic) bond motifs is 1. The van der Waals surface area contributed by atoms with E-state index in [0.717, 1.165) is 31.3 Å². The van der Waals surface area contributed by atoms with Crippen LogP contribution in [0.3, 0.4) is 0 Å². The molecule has 1 aromatic carbocycles. The molecule has 5 nitrogen and oxygen atoms in total. The number of aryl methyl sites for hydroxylation is 1. The molecule has 2 heterocycles. The van der Waals surface area contributed by atoms with Crippen molar-refractivity contribution in [3.8, 4) is 0 Å². The first-order valence-corrected chi connectivity index (χ1v) is 8.08. The van der Waals surface area contributed by atoms with Crippen molar-refractivity contribution < 1.29 is 9.21 Å². The van der Waals surface area contributed by atoms with Crippen LogP contribution < -0.4 is 5.76 Å². The number of oxazole rings is 1. The van der Waals surface area contributed by atoms with Crippen LogP contribution in [-0.2, 0) is 11.3 Å². The second-order valence-corrected chi connectivity index (χ2v) is 5.88. The lowest BCUT2D eigenvalue weighted by molar-refractivity contribution is -0.135. The molecule has 0 spiro atoms. The molecule has 1 amide bonds. The molecule has 1 fully saturated rings. The van der Waals surface area contributed by atoms with Crippen molar-refractivity contribution >= 4 is 17.0 Å². The molecule has 0 bridgehead atoms. The van der Waals surface area contributed by atoms with E-state index in [0.29, 0.717) is 24.6 Å². The average Bonchev–Trinajstić information content (AvgIpc) is 2.87. The lowest BCUT2D eigenvalue weighted by atomic mass is 9.99. The van der Waals surface area contributed by atoms with Crippen LogP contribution >= 0.6 is 0 Å². The summed E-state index contributed by atoms with van der Waals surface area (Å²) in [6.45, 7) is 3.35. The van der Waals surface area contributed by atoms with E-state index >= 15 is 0 Å². The minimum atomic E-state index is -0.389. The lowest BCUT2D eigenvalue weighted by Gasteiger charge is -2.35. The molecule has 1 aliphatic heterocycles. The van der Waals surface area contributed by atoms with E-state index in [9.17, 15) is 9.59 Å². The molecule has 22 heavy (non-hydrogen) atoms. The van der Waals surface area contributed by atoms with Crippen LogP contribution in [0.2, 0.25) is 0 Å². The number of benzene rings is 1. The van der Waals surface area contributed by atoms with Crippen molar-refractivity contribution in [2.45, 2.75) is 51.6 Å². The van der Waals surface area contributed by atoms with Crippen LogP contribution in [0.25, 0.3) is 11.1 Å². The minimum absolute atomic E-state index is 0.142. The topological polar surface area (TPSA) is 55.5 Å². The molecular formula is C17H22N2O3. The third kappa shape index (κ3) is 2.80. The number of amides is 1. The molecular weight excluding hydrogens is 280 g/mol. The van der Waals surface area contributed by atoms with Crippen LogP contribution in [0.4, 0.5) is 0 Å². The molecule has 0 unspecified atom stereocenters. The average molecular weight is 302 g/mol. The Morgan fingerprint density at radius 1 is 1.32 bits per heavy atom. The van der Waals surface area contributed by atoms with E-state index in [-0.39, 0.29) is 11.7 Å². The van der Waals surface area contributed by atoms with Gasteiger partial charge in [-0.1, -0.05) is 19.1 Å². The Labute approximate surface area is 129 Å². The molecule has 2 aromatic rings. The summed E-state index contributed by atoms with van der Waals surface area (Å²) in [6.07, 6.45) is 4.72. The molecule has 1 aromatic heterocycles. The third-order valence-corrected chi connectivity index (χ3v) is 4.54. The van der Waals surface area contributed by atoms with Crippen LogP contribution in [0.1, 0.15) is 39.0 Å². The fourth-order valence-electron chi connectivity index (χ4n) is 3.33. The van der Waals surface area contributed by atoms with Gasteiger partial charge in [0, 0.05) is 25.6 Å². The fourth-order valence-corrected chi connectivity index (χ4v) is 3.33. The number of carbonyl (C=O) groups excluding carboxylic acids is 1. The maximum atomic E-state index is 12.5. The molecule has 5 heteroatoms. The summed E-state index contributed by atoms with van der Waals surface area (Å²) in [5.74, 6) is -0.247. The number of likely N-dealkylation sites (tertiary alicyclic amines) is 1. The maximum absolute atomic E-state index is 12.5. The molecule has 0 radical (unpaired) electrons. The highest BCUT2D eigenvalue weighted by molar-refractivity contribution is 5.77. The zero-order valence-corrected chi connectivity index (χ0v) is 13.0. The Morgan fingerprint density at radius 3 is 2.95 bits per heavy atom. The number of piperidine rings is 1. The van der Waals surface area contributed by atoms with Crippen LogP contribution in [0, 0.1) is 0 Å². The van der Waals surface area contributed by atoms with E-state index in [1.165, 1.54) is 6.42 Å². The number of hydrogen-bond acceptors (Lipinski definition) is 3. The standard InChI is InChI=1S/C17H22N2O3/c1-2-13-7-5-6-11-18(13)16(20)10-12-19-14-8-3-4-9-15(14)22-17(19)21/h3-4,8-9,13H,2,5-7,10-12H2,1H3/t13-/m0/s1. The van der Waals surface area contributed by atoms with Gasteiger partial charge in [-0.15, -0.1) is 0 Å². The summed E-state index contributed by atoms with van der Waals surface area (Å²) in [6, 6.07) is 7.68. The molecule has 1 aliphatic rings. The van der Waals surface area contributed by atoms with Gasteiger partial charge in [0.15, 0.2) is 5.58 Å². The number of aromatic nitrogens is 1. The normalized spacial score (nSPS) is 18.8. The highest BCUT2D eigenvalue weighted by Crippen LogP contribution is 2.20. The molecule has 0 saturated carbocycles. The van der Waals surface area contributed by atoms with Gasteiger partial charge in [0.05, 0.1) is 5.52 Å². The number of rotatable bonds is 4. The van der Waals surface area contributed by atoms with Gasteiger partial charge in [-0.3, -0.25) is 9.36 Å². The monoisotopic (exact) mass is 302 g/mol. The van der Waals surface area contributed by atoms with Crippen molar-refractivity contribution in [1.29, 1.82) is 0 Å². The van der Waals surface area contributed by atoms with Gasteiger partial charge in [0.1, 0.15) is 0 Å². The van der Waals surface area contributed by atoms with E-state index in [1.54, 1.807) is 10.6 Å². The summed E-state index contributed by atoms with van der Waals surface area (Å²) < 4.78 is 6.76. The summed E-state index contributed by atoms with van der Waals surface area (Å²) in [5, 5.41) is 0. The van der Waals surface area contributed by atoms with Gasteiger partial charge in [0.25, 0.3) is 0 Å². The second-order valence-electron chi connectivity index (χ2n) is 5.88. The van der Waals surface area contributed by atoms with Crippen molar-refractivity contribution in [2.24, 2.45) is 0 Å². The van der Waals surface area contributed by atoms with Gasteiger partial charge in [0.2, 0.25) is 5.91 Å². The highest BCUT2D eigenvalue weighted by atomic mass is 16.4. The Bertz CT molecular complexity index is 716. The van der Waals surface area contributed by atoms with E-state index in [1.807, 2.05) is 23.1 Å². The van der Waals surface area contributed by atoms with Crippen LogP contribution in [0.15, 0.2) is 33.5 Å². The quantitative estimate of drug-likeness (QED) is 0.872. The van der Waals surface area contributed by atoms with Crippen molar-refractivity contribution in [1.82, 2.24) is 9.47 Å². The van der Waals surface area contributed by atoms with Gasteiger partial charge < -0.3 is 9.32 Å². The summed E-state index contributed by atoms with van der Waals surface area (Å²) in [7, 11) is 0. The van der Waals surface area contributed by atoms with E-state index in [4.69, 9.17) is 4.42 Å². The Kier molecular flexibility index (Phi) is 4.32. The Morgan fingerprint density at radius 2 is 2.14 bits per heavy atom. The molecule has 1 saturated heterocycles. The molecule has 3 rings (SSSR count). The molecule has 0 aliphatic carbocycles. The summed E-state index contributed by atoms with van der Waals surface area (Å²) in [5.41, 5.74) is 1.33. The molecule has 118 valence electrons. The van der Waals surface area contributed by atoms with Crippen LogP contribution in [0.5, 0.6) is 0 Å². The number of carbonyl (C=O) groups is 1. The first kappa shape index (κ1) is 14.9. The molecule has 1 atom stereocenters. The van der Waals surface area contributed by atoms with Crippen LogP contribution in [-0.4, -0.2) is 28.0 Å². The largest absolute Gasteiger partial charge is 0.419 e. The van der Waals surface area contributed by atoms with Gasteiger partial charge in [-0.25, -0.2) is 4.79 Å². The van der Waals surface area contributed by atoms with Crippen molar-refractivity contribution in [3.63, 3.8) is 0 Å². The maximum Gasteiger partial charge on any atom is 0.419 e. The zero-order valence-electron chi connectivity index (χ0n) is 13.0. The van der Waals surface area contributed by atoms with Gasteiger partial charge >= 0.3 is 5.76 Å². The predicted molar refractivity (Wildman–Crippen MR) is 84.7 cm³/mol. The Hall–Kier alpha value is -2.04. The fraction of sp³-hybridized carbons (Fsp3) is 0.529. The van der Waals surface area contributed by atoms with Gasteiger partial charge in [-0.2, -0.15) is 0 Å². The number of nitrogens with zero attached hydrogens (tertiary/aromatic N) is 2. The SMILES string of the molecule is CC[C@H]1CCCCN1C(=O)CCn1c(=O)oc2ccccc21. The van der Waals surface area contributed by atoms with E-state index in [2.05, 4.69) is 6.92 Å². The lowest BCUT2D eigenvalue weighted by Crippen LogP contribution is -2.43. The summed E-state index contributed by atoms with van der Waals surface area (Å²) in [4.78, 5) is 26.4. The zero-order chi connectivity index (χ0) is 15.5. The smallest absolute Gasteiger partial charge is 0.408 e. The van der Waals surface area contributed by atoms with Crippen molar-refractivity contribution in [2.75, 3.05) is 6.54 Å². The Balaban J connectivity index is 1.72. The first-order valence-electron chi connectivity index (χ1n) is 8.08. The minimum Gasteiger partial charge on any atom is -0.408 e. The molecule has 0 N–H and O–H groups in total. The second kappa shape index (κ2) is 6.38. The first-order chi connectivity index (χ1) is 10.7. The predicted octanol–water partition coefficient (Wildman–Crippen LogP) is 2.78. The third-order valence-electron chi connectivity index (χ3n) is 4.54. The summed E-state index contributed by atoms with van der Waals surface area (Å²) >= 11 is 0. The number of para-hydroxylation sites is 2. The van der Waals surface area contributed by atoms with E-state index < -0.39 is 0 Å². The highest BCUT2D eigenvalue weighted by Gasteiger charge is 2.25. The number of hydrogen-bond donors (Lipinski definition) is 0. The van der Waals surface area contributed by atoms with Gasteiger partial charge in [-0.05, 0) is 37.8 Å². The van der Waals surface area contributed by atoms with Crippen molar-refractivity contribution in [3.05, 3.63) is 34.8 Å².